The Morgan fingerprint density at radius 3 is 1.89 bits per heavy atom. The molecular formula is C52H32N4. The van der Waals surface area contributed by atoms with Gasteiger partial charge in [-0.3, -0.25) is 0 Å². The van der Waals surface area contributed by atoms with Crippen LogP contribution in [0.5, 0.6) is 0 Å². The van der Waals surface area contributed by atoms with E-state index in [4.69, 9.17) is 9.97 Å². The highest BCUT2D eigenvalue weighted by atomic mass is 15.0. The van der Waals surface area contributed by atoms with Crippen molar-refractivity contribution in [1.82, 2.24) is 19.1 Å². The quantitative estimate of drug-likeness (QED) is 0.182. The summed E-state index contributed by atoms with van der Waals surface area (Å²) in [5, 5.41) is 10.7. The van der Waals surface area contributed by atoms with E-state index in [0.717, 1.165) is 55.4 Å². The molecule has 4 heteroatoms. The number of nitrogens with zero attached hydrogens (tertiary/aromatic N) is 4. The van der Waals surface area contributed by atoms with Crippen LogP contribution in [-0.2, 0) is 0 Å². The fourth-order valence-corrected chi connectivity index (χ4v) is 9.04. The van der Waals surface area contributed by atoms with Gasteiger partial charge in [-0.15, -0.1) is 0 Å². The van der Waals surface area contributed by atoms with Crippen LogP contribution in [0.1, 0.15) is 0 Å². The SMILES string of the molecule is c1ccc(-c2nc(-c3cccc4c(-n5c6cc7c(cc6c6ccc8ccccc8c65)c5ccccc5n7-c5ccccc5)cccc34)nc3ccccc23)cc1. The van der Waals surface area contributed by atoms with Crippen LogP contribution in [0.3, 0.4) is 0 Å². The first-order valence-electron chi connectivity index (χ1n) is 19.1. The van der Waals surface area contributed by atoms with Gasteiger partial charge in [-0.05, 0) is 53.2 Å². The molecule has 0 radical (unpaired) electrons. The maximum atomic E-state index is 5.30. The fraction of sp³-hybridized carbons (Fsp3) is 0. The molecule has 0 unspecified atom stereocenters. The Morgan fingerprint density at radius 2 is 1.02 bits per heavy atom. The molecule has 0 saturated carbocycles. The molecule has 0 N–H and O–H groups in total. The zero-order valence-corrected chi connectivity index (χ0v) is 30.3. The number of rotatable bonds is 4. The Bertz CT molecular complexity index is 3520. The molecule has 56 heavy (non-hydrogen) atoms. The third kappa shape index (κ3) is 4.47. The lowest BCUT2D eigenvalue weighted by molar-refractivity contribution is 1.17. The van der Waals surface area contributed by atoms with Gasteiger partial charge in [-0.25, -0.2) is 9.97 Å². The van der Waals surface area contributed by atoms with Crippen molar-refractivity contribution in [3.05, 3.63) is 194 Å². The topological polar surface area (TPSA) is 35.6 Å². The number of benzene rings is 9. The summed E-state index contributed by atoms with van der Waals surface area (Å²) < 4.78 is 4.91. The summed E-state index contributed by atoms with van der Waals surface area (Å²) in [4.78, 5) is 10.5. The van der Waals surface area contributed by atoms with E-state index >= 15 is 0 Å². The maximum Gasteiger partial charge on any atom is 0.161 e. The highest BCUT2D eigenvalue weighted by molar-refractivity contribution is 6.24. The second kappa shape index (κ2) is 12.0. The molecule has 0 amide bonds. The standard InChI is InChI=1S/C52H32N4/c1-3-16-34(17-4-1)50-42-22-9-11-26-45(42)53-52(54-50)41-25-13-24-38-37(41)23-14-28-47(38)56-49-32-48-43(31-44(49)40-30-29-33-15-7-8-20-36(33)51(40)56)39-21-10-12-27-46(39)55(48)35-18-5-2-6-19-35/h1-32H. The highest BCUT2D eigenvalue weighted by Crippen LogP contribution is 2.43. The van der Waals surface area contributed by atoms with Crippen molar-refractivity contribution in [1.29, 1.82) is 0 Å². The van der Waals surface area contributed by atoms with Gasteiger partial charge in [0.1, 0.15) is 0 Å². The number of aromatic nitrogens is 4. The zero-order chi connectivity index (χ0) is 36.7. The first-order chi connectivity index (χ1) is 27.8. The second-order valence-electron chi connectivity index (χ2n) is 14.5. The molecule has 0 spiro atoms. The second-order valence-corrected chi connectivity index (χ2v) is 14.5. The van der Waals surface area contributed by atoms with Gasteiger partial charge < -0.3 is 9.13 Å². The molecule has 0 aliphatic carbocycles. The third-order valence-electron chi connectivity index (χ3n) is 11.5. The van der Waals surface area contributed by atoms with Gasteiger partial charge in [-0.1, -0.05) is 152 Å². The molecule has 12 aromatic rings. The molecule has 0 atom stereocenters. The third-order valence-corrected chi connectivity index (χ3v) is 11.5. The lowest BCUT2D eigenvalue weighted by Gasteiger charge is -2.15. The summed E-state index contributed by atoms with van der Waals surface area (Å²) in [5.41, 5.74) is 10.9. The summed E-state index contributed by atoms with van der Waals surface area (Å²) in [7, 11) is 0. The fourth-order valence-electron chi connectivity index (χ4n) is 9.04. The first-order valence-corrected chi connectivity index (χ1v) is 19.1. The van der Waals surface area contributed by atoms with Crippen LogP contribution >= 0.6 is 0 Å². The molecule has 0 saturated heterocycles. The van der Waals surface area contributed by atoms with Crippen LogP contribution in [0.4, 0.5) is 0 Å². The Morgan fingerprint density at radius 1 is 0.357 bits per heavy atom. The van der Waals surface area contributed by atoms with E-state index in [2.05, 4.69) is 197 Å². The van der Waals surface area contributed by atoms with E-state index in [1.807, 2.05) is 6.07 Å². The normalized spacial score (nSPS) is 11.9. The summed E-state index contributed by atoms with van der Waals surface area (Å²) >= 11 is 0. The minimum Gasteiger partial charge on any atom is -0.309 e. The molecule has 0 fully saturated rings. The maximum absolute atomic E-state index is 5.30. The van der Waals surface area contributed by atoms with E-state index in [9.17, 15) is 0 Å². The minimum atomic E-state index is 0.715. The molecule has 3 heterocycles. The summed E-state index contributed by atoms with van der Waals surface area (Å²) in [6.07, 6.45) is 0. The summed E-state index contributed by atoms with van der Waals surface area (Å²) in [6, 6.07) is 69.6. The van der Waals surface area contributed by atoms with E-state index < -0.39 is 0 Å². The Balaban J connectivity index is 1.19. The van der Waals surface area contributed by atoms with Crippen molar-refractivity contribution >= 4 is 76.1 Å². The van der Waals surface area contributed by atoms with Crippen LogP contribution in [0.2, 0.25) is 0 Å². The highest BCUT2D eigenvalue weighted by Gasteiger charge is 2.22. The van der Waals surface area contributed by atoms with E-state index in [0.29, 0.717) is 5.82 Å². The van der Waals surface area contributed by atoms with Gasteiger partial charge in [0, 0.05) is 54.5 Å². The lowest BCUT2D eigenvalue weighted by atomic mass is 10.0. The monoisotopic (exact) mass is 712 g/mol. The van der Waals surface area contributed by atoms with Gasteiger partial charge in [0.25, 0.3) is 0 Å². The van der Waals surface area contributed by atoms with Gasteiger partial charge in [0.15, 0.2) is 5.82 Å². The Hall–Kier alpha value is -7.56. The number of fused-ring (bicyclic) bond motifs is 10. The summed E-state index contributed by atoms with van der Waals surface area (Å²) in [5.74, 6) is 0.715. The van der Waals surface area contributed by atoms with E-state index in [1.54, 1.807) is 0 Å². The van der Waals surface area contributed by atoms with Crippen molar-refractivity contribution in [3.63, 3.8) is 0 Å². The first kappa shape index (κ1) is 30.9. The predicted octanol–water partition coefficient (Wildman–Crippen LogP) is 13.5. The van der Waals surface area contributed by atoms with Crippen LogP contribution in [0, 0.1) is 0 Å². The zero-order valence-electron chi connectivity index (χ0n) is 30.3. The lowest BCUT2D eigenvalue weighted by Crippen LogP contribution is -1.99. The Kier molecular flexibility index (Phi) is 6.60. The molecule has 0 bridgehead atoms. The molecule has 0 aliphatic rings. The van der Waals surface area contributed by atoms with Gasteiger partial charge in [-0.2, -0.15) is 0 Å². The number of hydrogen-bond donors (Lipinski definition) is 0. The largest absolute Gasteiger partial charge is 0.309 e. The summed E-state index contributed by atoms with van der Waals surface area (Å²) in [6.45, 7) is 0. The van der Waals surface area contributed by atoms with Crippen LogP contribution in [-0.4, -0.2) is 19.1 Å². The molecule has 4 nitrogen and oxygen atoms in total. The Labute approximate surface area is 322 Å². The van der Waals surface area contributed by atoms with E-state index in [1.165, 1.54) is 48.9 Å². The molecule has 12 rings (SSSR count). The van der Waals surface area contributed by atoms with Gasteiger partial charge >= 0.3 is 0 Å². The van der Waals surface area contributed by atoms with Crippen molar-refractivity contribution < 1.29 is 0 Å². The van der Waals surface area contributed by atoms with Crippen molar-refractivity contribution in [3.8, 4) is 34.0 Å². The van der Waals surface area contributed by atoms with Gasteiger partial charge in [0.2, 0.25) is 0 Å². The van der Waals surface area contributed by atoms with Gasteiger partial charge in [0.05, 0.1) is 39.0 Å². The molecule has 0 aliphatic heterocycles. The number of hydrogen-bond acceptors (Lipinski definition) is 2. The van der Waals surface area contributed by atoms with Crippen molar-refractivity contribution in [2.45, 2.75) is 0 Å². The average Bonchev–Trinajstić information content (AvgIpc) is 3.77. The average molecular weight is 713 g/mol. The van der Waals surface area contributed by atoms with Crippen molar-refractivity contribution in [2.75, 3.05) is 0 Å². The molecular weight excluding hydrogens is 681 g/mol. The predicted molar refractivity (Wildman–Crippen MR) is 234 cm³/mol. The molecule has 9 aromatic carbocycles. The van der Waals surface area contributed by atoms with Crippen LogP contribution in [0.25, 0.3) is 110 Å². The van der Waals surface area contributed by atoms with Crippen LogP contribution in [0.15, 0.2) is 194 Å². The minimum absolute atomic E-state index is 0.715. The smallest absolute Gasteiger partial charge is 0.161 e. The van der Waals surface area contributed by atoms with Crippen molar-refractivity contribution in [2.24, 2.45) is 0 Å². The van der Waals surface area contributed by atoms with E-state index in [-0.39, 0.29) is 0 Å². The molecule has 260 valence electrons. The van der Waals surface area contributed by atoms with Crippen LogP contribution < -0.4 is 0 Å². The molecule has 3 aromatic heterocycles. The number of para-hydroxylation sites is 3.